The average molecular weight is 647 g/mol. The van der Waals surface area contributed by atoms with Gasteiger partial charge in [-0.1, -0.05) is 11.6 Å². The van der Waals surface area contributed by atoms with Gasteiger partial charge in [0.1, 0.15) is 34.0 Å². The Morgan fingerprint density at radius 1 is 0.804 bits per heavy atom. The highest BCUT2D eigenvalue weighted by Crippen LogP contribution is 2.35. The largest absolute Gasteiger partial charge is 0.508 e. The number of ketones is 1. The summed E-state index contributed by atoms with van der Waals surface area (Å²) in [6.45, 7) is 6.85. The van der Waals surface area contributed by atoms with Crippen molar-refractivity contribution in [2.24, 2.45) is 0 Å². The molecule has 10 nitrogen and oxygen atoms in total. The lowest BCUT2D eigenvalue weighted by Gasteiger charge is -2.25. The van der Waals surface area contributed by atoms with Gasteiger partial charge in [-0.25, -0.2) is 4.79 Å². The number of phenolic OH excluding ortho intramolecular Hbond substituents is 3. The molecule has 1 heterocycles. The number of fused-ring (bicyclic) bond motifs is 1. The first-order chi connectivity index (χ1) is 21.7. The van der Waals surface area contributed by atoms with E-state index < -0.39 is 28.5 Å². The van der Waals surface area contributed by atoms with Gasteiger partial charge in [0.15, 0.2) is 17.1 Å². The Bertz CT molecular complexity index is 1930. The molecule has 0 aliphatic carbocycles. The molecule has 46 heavy (non-hydrogen) atoms. The Morgan fingerprint density at radius 2 is 1.37 bits per heavy atom. The highest BCUT2D eigenvalue weighted by atomic mass is 35.5. The number of ether oxygens (including phenoxy) is 2. The van der Waals surface area contributed by atoms with E-state index >= 15 is 0 Å². The van der Waals surface area contributed by atoms with Crippen LogP contribution in [-0.4, -0.2) is 43.9 Å². The third-order valence-corrected chi connectivity index (χ3v) is 6.75. The van der Waals surface area contributed by atoms with Gasteiger partial charge in [-0.3, -0.25) is 9.59 Å². The van der Waals surface area contributed by atoms with Crippen LogP contribution in [-0.2, 0) is 9.53 Å². The van der Waals surface area contributed by atoms with E-state index in [2.05, 4.69) is 0 Å². The first-order valence-corrected chi connectivity index (χ1v) is 14.4. The highest BCUT2D eigenvalue weighted by Gasteiger charge is 2.32. The van der Waals surface area contributed by atoms with Gasteiger partial charge in [-0.15, -0.1) is 0 Å². The summed E-state index contributed by atoms with van der Waals surface area (Å²) in [6.07, 6.45) is -0.213. The van der Waals surface area contributed by atoms with Crippen molar-refractivity contribution < 1.29 is 43.9 Å². The molecule has 1 aromatic heterocycles. The molecule has 0 saturated heterocycles. The smallest absolute Gasteiger partial charge is 0.350 e. The zero-order chi connectivity index (χ0) is 33.8. The molecule has 238 valence electrons. The summed E-state index contributed by atoms with van der Waals surface area (Å²) in [7, 11) is 0. The van der Waals surface area contributed by atoms with Crippen LogP contribution in [0.5, 0.6) is 28.7 Å². The fourth-order valence-corrected chi connectivity index (χ4v) is 4.34. The first kappa shape index (κ1) is 33.4. The summed E-state index contributed by atoms with van der Waals surface area (Å²) in [5.74, 6) is -1.57. The number of carbonyl (C=O) groups is 2. The molecule has 0 aliphatic rings. The number of halogens is 1. The number of benzene rings is 4. The lowest BCUT2D eigenvalue weighted by atomic mass is 10.0. The zero-order valence-electron chi connectivity index (χ0n) is 25.3. The number of carbonyl (C=O) groups excluding carboxylic acids is 2. The van der Waals surface area contributed by atoms with E-state index in [1.807, 2.05) is 0 Å². The van der Waals surface area contributed by atoms with Crippen LogP contribution >= 0.6 is 11.6 Å². The first-order valence-electron chi connectivity index (χ1n) is 14.0. The SMILES string of the molecule is CC(C)OC(=O)C(C)(C)Oc1ccc(C(=O)c2ccc(Cl)cc2)cc1.O=c1c(O)c(-c2ccc(O)cc2)oc2cc(O)cc(O)c12. The van der Waals surface area contributed by atoms with Crippen molar-refractivity contribution in [2.45, 2.75) is 39.4 Å². The number of aromatic hydroxyl groups is 4. The standard InChI is InChI=1S/C20H21ClO4.C15H10O6/c1-13(2)24-19(23)20(3,4)25-17-11-7-15(8-12-17)18(22)14-5-9-16(21)10-6-14;16-8-3-1-7(2-4-8)15-14(20)13(19)12-10(18)5-9(17)6-11(12)21-15/h5-13H,1-4H3;1-6,16-18,20H. The Labute approximate surface area is 268 Å². The average Bonchev–Trinajstić information content (AvgIpc) is 2.99. The van der Waals surface area contributed by atoms with E-state index in [1.54, 1.807) is 76.2 Å². The molecule has 0 unspecified atom stereocenters. The second-order valence-electron chi connectivity index (χ2n) is 10.9. The van der Waals surface area contributed by atoms with Crippen LogP contribution in [0.25, 0.3) is 22.3 Å². The van der Waals surface area contributed by atoms with E-state index in [-0.39, 0.29) is 40.1 Å². The minimum absolute atomic E-state index is 0.0247. The molecule has 0 aliphatic heterocycles. The number of hydrogen-bond acceptors (Lipinski definition) is 10. The van der Waals surface area contributed by atoms with E-state index in [0.717, 1.165) is 6.07 Å². The van der Waals surface area contributed by atoms with E-state index in [0.29, 0.717) is 27.5 Å². The van der Waals surface area contributed by atoms with Crippen LogP contribution in [0.4, 0.5) is 0 Å². The van der Waals surface area contributed by atoms with Crippen LogP contribution in [0.15, 0.2) is 94.1 Å². The maximum absolute atomic E-state index is 12.4. The molecule has 0 bridgehead atoms. The summed E-state index contributed by atoms with van der Waals surface area (Å²) in [5, 5.41) is 38.7. The second kappa shape index (κ2) is 13.7. The normalized spacial score (nSPS) is 11.1. The Balaban J connectivity index is 0.000000211. The van der Waals surface area contributed by atoms with E-state index in [1.165, 1.54) is 30.3 Å². The maximum atomic E-state index is 12.4. The summed E-state index contributed by atoms with van der Waals surface area (Å²) in [6, 6.07) is 21.2. The molecule has 0 atom stereocenters. The molecule has 5 rings (SSSR count). The monoisotopic (exact) mass is 646 g/mol. The minimum atomic E-state index is -1.12. The van der Waals surface area contributed by atoms with Gasteiger partial charge >= 0.3 is 5.97 Å². The van der Waals surface area contributed by atoms with Gasteiger partial charge in [0.05, 0.1) is 6.10 Å². The Hall–Kier alpha value is -5.48. The van der Waals surface area contributed by atoms with Crippen molar-refractivity contribution in [1.29, 1.82) is 0 Å². The second-order valence-corrected chi connectivity index (χ2v) is 11.4. The minimum Gasteiger partial charge on any atom is -0.508 e. The van der Waals surface area contributed by atoms with Gasteiger partial charge < -0.3 is 34.3 Å². The molecule has 4 N–H and O–H groups in total. The fraction of sp³-hybridized carbons (Fsp3) is 0.171. The van der Waals surface area contributed by atoms with Crippen molar-refractivity contribution in [3.05, 3.63) is 111 Å². The molecule has 0 fully saturated rings. The van der Waals surface area contributed by atoms with Gasteiger partial charge in [0.25, 0.3) is 0 Å². The highest BCUT2D eigenvalue weighted by molar-refractivity contribution is 6.30. The van der Waals surface area contributed by atoms with E-state index in [4.69, 9.17) is 25.5 Å². The van der Waals surface area contributed by atoms with Crippen LogP contribution in [0.3, 0.4) is 0 Å². The van der Waals surface area contributed by atoms with Crippen molar-refractivity contribution >= 4 is 34.3 Å². The van der Waals surface area contributed by atoms with Crippen molar-refractivity contribution in [1.82, 2.24) is 0 Å². The number of phenols is 3. The van der Waals surface area contributed by atoms with Crippen LogP contribution < -0.4 is 10.2 Å². The topological polar surface area (TPSA) is 164 Å². The summed E-state index contributed by atoms with van der Waals surface area (Å²) >= 11 is 5.84. The lowest BCUT2D eigenvalue weighted by molar-refractivity contribution is -0.163. The maximum Gasteiger partial charge on any atom is 0.350 e. The Morgan fingerprint density at radius 3 is 1.93 bits per heavy atom. The van der Waals surface area contributed by atoms with Crippen LogP contribution in [0.2, 0.25) is 5.02 Å². The molecular weight excluding hydrogens is 616 g/mol. The van der Waals surface area contributed by atoms with Crippen molar-refractivity contribution in [3.8, 4) is 40.1 Å². The lowest BCUT2D eigenvalue weighted by Crippen LogP contribution is -2.40. The van der Waals surface area contributed by atoms with Gasteiger partial charge in [-0.2, -0.15) is 0 Å². The third kappa shape index (κ3) is 7.77. The predicted molar refractivity (Wildman–Crippen MR) is 172 cm³/mol. The molecular formula is C35H31ClO10. The number of esters is 1. The van der Waals surface area contributed by atoms with Gasteiger partial charge in [-0.05, 0) is 100 Å². The summed E-state index contributed by atoms with van der Waals surface area (Å²) in [5.41, 5.74) is -0.537. The zero-order valence-corrected chi connectivity index (χ0v) is 26.0. The molecule has 4 aromatic carbocycles. The van der Waals surface area contributed by atoms with E-state index in [9.17, 15) is 34.8 Å². The van der Waals surface area contributed by atoms with Gasteiger partial charge in [0.2, 0.25) is 11.2 Å². The molecule has 0 saturated carbocycles. The predicted octanol–water partition coefficient (Wildman–Crippen LogP) is 6.96. The molecule has 5 aromatic rings. The molecule has 0 radical (unpaired) electrons. The van der Waals surface area contributed by atoms with Crippen LogP contribution in [0, 0.1) is 0 Å². The third-order valence-electron chi connectivity index (χ3n) is 6.50. The fourth-order valence-electron chi connectivity index (χ4n) is 4.22. The number of hydrogen-bond donors (Lipinski definition) is 4. The van der Waals surface area contributed by atoms with Crippen molar-refractivity contribution in [3.63, 3.8) is 0 Å². The molecule has 0 amide bonds. The number of rotatable bonds is 7. The van der Waals surface area contributed by atoms with Crippen LogP contribution in [0.1, 0.15) is 43.6 Å². The molecule has 11 heteroatoms. The molecule has 0 spiro atoms. The van der Waals surface area contributed by atoms with Gasteiger partial charge in [0, 0.05) is 33.8 Å². The summed E-state index contributed by atoms with van der Waals surface area (Å²) < 4.78 is 16.3. The Kier molecular flexibility index (Phi) is 9.92. The summed E-state index contributed by atoms with van der Waals surface area (Å²) in [4.78, 5) is 36.6. The quantitative estimate of drug-likeness (QED) is 0.107. The van der Waals surface area contributed by atoms with Crippen molar-refractivity contribution in [2.75, 3.05) is 0 Å².